The standard InChI is InChI=1S/C9H19O/c1-5-6-8(2)9(3,4)7-10/h8H,5-7H2,1-4H3. The van der Waals surface area contributed by atoms with Crippen molar-refractivity contribution >= 4 is 0 Å². The lowest BCUT2D eigenvalue weighted by molar-refractivity contribution is 0.0512. The first-order valence-corrected chi connectivity index (χ1v) is 4.12. The molecule has 10 heavy (non-hydrogen) atoms. The molecule has 0 aromatic heterocycles. The van der Waals surface area contributed by atoms with Crippen molar-refractivity contribution in [3.05, 3.63) is 0 Å². The second kappa shape index (κ2) is 3.97. The van der Waals surface area contributed by atoms with Crippen molar-refractivity contribution in [1.29, 1.82) is 0 Å². The summed E-state index contributed by atoms with van der Waals surface area (Å²) in [5.74, 6) is 0.565. The van der Waals surface area contributed by atoms with Crippen LogP contribution in [-0.2, 0) is 5.11 Å². The highest BCUT2D eigenvalue weighted by molar-refractivity contribution is 4.73. The second-order valence-electron chi connectivity index (χ2n) is 3.82. The van der Waals surface area contributed by atoms with E-state index in [4.69, 9.17) is 0 Å². The zero-order chi connectivity index (χ0) is 8.20. The van der Waals surface area contributed by atoms with E-state index in [2.05, 4.69) is 27.7 Å². The highest BCUT2D eigenvalue weighted by Gasteiger charge is 2.24. The average Bonchev–Trinajstić information content (AvgIpc) is 1.89. The number of hydrogen-bond acceptors (Lipinski definition) is 0. The average molecular weight is 143 g/mol. The van der Waals surface area contributed by atoms with Crippen LogP contribution in [0.25, 0.3) is 0 Å². The van der Waals surface area contributed by atoms with Crippen LogP contribution in [0, 0.1) is 11.3 Å². The van der Waals surface area contributed by atoms with Crippen molar-refractivity contribution in [2.45, 2.75) is 40.5 Å². The van der Waals surface area contributed by atoms with Gasteiger partial charge in [0.2, 0.25) is 0 Å². The molecular weight excluding hydrogens is 124 g/mol. The summed E-state index contributed by atoms with van der Waals surface area (Å²) >= 11 is 0. The molecule has 0 saturated heterocycles. The van der Waals surface area contributed by atoms with E-state index in [1.54, 1.807) is 0 Å². The van der Waals surface area contributed by atoms with Gasteiger partial charge in [-0.2, -0.15) is 0 Å². The maximum absolute atomic E-state index is 10.7. The molecule has 0 amide bonds. The fourth-order valence-electron chi connectivity index (χ4n) is 0.966. The Bertz CT molecular complexity index is 86.7. The molecule has 1 heteroatoms. The maximum atomic E-state index is 10.7. The van der Waals surface area contributed by atoms with Crippen molar-refractivity contribution in [3.63, 3.8) is 0 Å². The highest BCUT2D eigenvalue weighted by Crippen LogP contribution is 2.29. The molecule has 0 fully saturated rings. The predicted molar refractivity (Wildman–Crippen MR) is 43.4 cm³/mol. The molecule has 0 bridgehead atoms. The first-order chi connectivity index (χ1) is 4.54. The van der Waals surface area contributed by atoms with Crippen LogP contribution in [0.3, 0.4) is 0 Å². The lowest BCUT2D eigenvalue weighted by Gasteiger charge is -2.28. The van der Waals surface area contributed by atoms with Gasteiger partial charge in [-0.25, -0.2) is 5.11 Å². The van der Waals surface area contributed by atoms with Gasteiger partial charge in [-0.1, -0.05) is 40.5 Å². The molecule has 1 unspecified atom stereocenters. The summed E-state index contributed by atoms with van der Waals surface area (Å²) in [5.41, 5.74) is -0.00396. The first-order valence-electron chi connectivity index (χ1n) is 4.12. The normalized spacial score (nSPS) is 15.3. The Kier molecular flexibility index (Phi) is 3.95. The van der Waals surface area contributed by atoms with Gasteiger partial charge in [0, 0.05) is 0 Å². The van der Waals surface area contributed by atoms with Crippen LogP contribution in [0.1, 0.15) is 40.5 Å². The summed E-state index contributed by atoms with van der Waals surface area (Å²) in [6, 6.07) is 0. The molecule has 0 spiro atoms. The minimum absolute atomic E-state index is 0.00396. The van der Waals surface area contributed by atoms with E-state index in [9.17, 15) is 5.11 Å². The van der Waals surface area contributed by atoms with Crippen LogP contribution in [0.5, 0.6) is 0 Å². The molecule has 0 saturated carbocycles. The van der Waals surface area contributed by atoms with E-state index < -0.39 is 0 Å². The summed E-state index contributed by atoms with van der Waals surface area (Å²) in [6.07, 6.45) is 2.36. The molecule has 0 aromatic carbocycles. The van der Waals surface area contributed by atoms with Gasteiger partial charge < -0.3 is 0 Å². The fraction of sp³-hybridized carbons (Fsp3) is 1.00. The van der Waals surface area contributed by atoms with Gasteiger partial charge in [0.15, 0.2) is 0 Å². The molecule has 0 N–H and O–H groups in total. The highest BCUT2D eigenvalue weighted by atomic mass is 16.3. The Morgan fingerprint density at radius 3 is 2.20 bits per heavy atom. The van der Waals surface area contributed by atoms with Crippen LogP contribution in [0.15, 0.2) is 0 Å². The van der Waals surface area contributed by atoms with Gasteiger partial charge in [0.25, 0.3) is 0 Å². The third kappa shape index (κ3) is 2.70. The van der Waals surface area contributed by atoms with E-state index in [0.717, 1.165) is 0 Å². The Morgan fingerprint density at radius 1 is 1.40 bits per heavy atom. The quantitative estimate of drug-likeness (QED) is 0.576. The maximum Gasteiger partial charge on any atom is 0.0875 e. The molecule has 1 atom stereocenters. The van der Waals surface area contributed by atoms with E-state index in [1.165, 1.54) is 12.8 Å². The summed E-state index contributed by atoms with van der Waals surface area (Å²) in [4.78, 5) is 0. The third-order valence-electron chi connectivity index (χ3n) is 2.43. The molecule has 0 heterocycles. The number of rotatable bonds is 4. The molecule has 61 valence electrons. The molecule has 0 rings (SSSR count). The van der Waals surface area contributed by atoms with Crippen LogP contribution in [0.4, 0.5) is 0 Å². The van der Waals surface area contributed by atoms with Crippen molar-refractivity contribution in [2.24, 2.45) is 11.3 Å². The van der Waals surface area contributed by atoms with Crippen LogP contribution < -0.4 is 0 Å². The van der Waals surface area contributed by atoms with Gasteiger partial charge in [0.05, 0.1) is 6.61 Å². The molecule has 0 aliphatic rings. The third-order valence-corrected chi connectivity index (χ3v) is 2.43. The largest absolute Gasteiger partial charge is 0.236 e. The summed E-state index contributed by atoms with van der Waals surface area (Å²) in [6.45, 7) is 8.49. The lowest BCUT2D eigenvalue weighted by Crippen LogP contribution is -2.24. The molecular formula is C9H19O. The van der Waals surface area contributed by atoms with Gasteiger partial charge in [-0.15, -0.1) is 0 Å². The van der Waals surface area contributed by atoms with E-state index in [-0.39, 0.29) is 12.0 Å². The Morgan fingerprint density at radius 2 is 1.90 bits per heavy atom. The monoisotopic (exact) mass is 143 g/mol. The predicted octanol–water partition coefficient (Wildman–Crippen LogP) is 2.88. The van der Waals surface area contributed by atoms with Crippen molar-refractivity contribution in [2.75, 3.05) is 6.61 Å². The van der Waals surface area contributed by atoms with E-state index in [1.807, 2.05) is 0 Å². The smallest absolute Gasteiger partial charge is 0.0875 e. The topological polar surface area (TPSA) is 19.9 Å². The van der Waals surface area contributed by atoms with Crippen molar-refractivity contribution in [1.82, 2.24) is 0 Å². The SMILES string of the molecule is CCCC(C)C(C)(C)C[O]. The minimum atomic E-state index is -0.00396. The van der Waals surface area contributed by atoms with E-state index in [0.29, 0.717) is 5.92 Å². The van der Waals surface area contributed by atoms with Gasteiger partial charge in [-0.3, -0.25) is 0 Å². The Balaban J connectivity index is 3.78. The number of hydrogen-bond donors (Lipinski definition) is 0. The first kappa shape index (κ1) is 9.96. The fourth-order valence-corrected chi connectivity index (χ4v) is 0.966. The molecule has 0 aliphatic heterocycles. The Labute approximate surface area is 64.5 Å². The second-order valence-corrected chi connectivity index (χ2v) is 3.82. The van der Waals surface area contributed by atoms with Gasteiger partial charge >= 0.3 is 0 Å². The van der Waals surface area contributed by atoms with Crippen LogP contribution in [-0.4, -0.2) is 6.61 Å². The van der Waals surface area contributed by atoms with Crippen LogP contribution >= 0.6 is 0 Å². The van der Waals surface area contributed by atoms with Crippen LogP contribution in [0.2, 0.25) is 0 Å². The van der Waals surface area contributed by atoms with Gasteiger partial charge in [0.1, 0.15) is 0 Å². The molecule has 1 nitrogen and oxygen atoms in total. The minimum Gasteiger partial charge on any atom is -0.236 e. The molecule has 0 aromatic rings. The zero-order valence-corrected chi connectivity index (χ0v) is 7.61. The molecule has 1 radical (unpaired) electrons. The van der Waals surface area contributed by atoms with Gasteiger partial charge in [-0.05, 0) is 11.3 Å². The summed E-state index contributed by atoms with van der Waals surface area (Å²) in [5, 5.41) is 10.7. The van der Waals surface area contributed by atoms with Crippen molar-refractivity contribution < 1.29 is 5.11 Å². The summed E-state index contributed by atoms with van der Waals surface area (Å²) in [7, 11) is 0. The zero-order valence-electron chi connectivity index (χ0n) is 7.61. The lowest BCUT2D eigenvalue weighted by atomic mass is 9.78. The van der Waals surface area contributed by atoms with Crippen molar-refractivity contribution in [3.8, 4) is 0 Å². The Hall–Kier alpha value is -0.0400. The summed E-state index contributed by atoms with van der Waals surface area (Å²) < 4.78 is 0. The molecule has 0 aliphatic carbocycles. The van der Waals surface area contributed by atoms with E-state index >= 15 is 0 Å².